The van der Waals surface area contributed by atoms with E-state index in [2.05, 4.69) is 14.9 Å². The second-order valence-electron chi connectivity index (χ2n) is 3.16. The molecule has 1 aromatic heterocycles. The van der Waals surface area contributed by atoms with Crippen LogP contribution < -0.4 is 4.72 Å². The van der Waals surface area contributed by atoms with Crippen molar-refractivity contribution in [2.24, 2.45) is 0 Å². The van der Waals surface area contributed by atoms with Crippen LogP contribution in [0.5, 0.6) is 0 Å². The van der Waals surface area contributed by atoms with Crippen LogP contribution in [0.15, 0.2) is 35.5 Å². The fourth-order valence-electron chi connectivity index (χ4n) is 1.16. The number of aromatic nitrogens is 2. The summed E-state index contributed by atoms with van der Waals surface area (Å²) in [7, 11) is -3.60. The van der Waals surface area contributed by atoms with Gasteiger partial charge >= 0.3 is 0 Å². The molecule has 0 atom stereocenters. The van der Waals surface area contributed by atoms with Crippen LogP contribution in [0.25, 0.3) is 0 Å². The molecule has 0 bridgehead atoms. The molecular formula is C9H7ClIN3O2S. The maximum atomic E-state index is 11.9. The molecule has 0 fully saturated rings. The fourth-order valence-corrected chi connectivity index (χ4v) is 3.34. The second-order valence-corrected chi connectivity index (χ2v) is 6.44. The van der Waals surface area contributed by atoms with Crippen molar-refractivity contribution in [2.75, 3.05) is 4.72 Å². The molecule has 0 radical (unpaired) electrons. The van der Waals surface area contributed by atoms with Gasteiger partial charge in [0.05, 0.1) is 11.9 Å². The third kappa shape index (κ3) is 2.90. The van der Waals surface area contributed by atoms with E-state index in [0.717, 1.165) is 3.57 Å². The van der Waals surface area contributed by atoms with Crippen molar-refractivity contribution in [3.05, 3.63) is 39.2 Å². The van der Waals surface area contributed by atoms with Crippen molar-refractivity contribution < 1.29 is 8.42 Å². The summed E-state index contributed by atoms with van der Waals surface area (Å²) in [6.07, 6.45) is 2.55. The summed E-state index contributed by atoms with van der Waals surface area (Å²) in [4.78, 5) is 0.0863. The zero-order chi connectivity index (χ0) is 12.5. The lowest BCUT2D eigenvalue weighted by Gasteiger charge is -2.08. The van der Waals surface area contributed by atoms with E-state index in [4.69, 9.17) is 11.6 Å². The molecule has 1 heterocycles. The Bertz CT molecular complexity index is 628. The van der Waals surface area contributed by atoms with Gasteiger partial charge in [-0.25, -0.2) is 8.42 Å². The minimum absolute atomic E-state index is 0.0863. The van der Waals surface area contributed by atoms with Crippen molar-refractivity contribution in [1.82, 2.24) is 10.2 Å². The number of aromatic amines is 1. The van der Waals surface area contributed by atoms with Gasteiger partial charge in [-0.15, -0.1) is 0 Å². The van der Waals surface area contributed by atoms with Crippen molar-refractivity contribution in [3.8, 4) is 0 Å². The van der Waals surface area contributed by atoms with Crippen molar-refractivity contribution in [1.29, 1.82) is 0 Å². The molecule has 90 valence electrons. The Kier molecular flexibility index (Phi) is 3.59. The van der Waals surface area contributed by atoms with Gasteiger partial charge in [-0.2, -0.15) is 5.10 Å². The molecule has 0 unspecified atom stereocenters. The number of nitrogens with zero attached hydrogens (tertiary/aromatic N) is 1. The summed E-state index contributed by atoms with van der Waals surface area (Å²) in [5, 5.41) is 6.61. The van der Waals surface area contributed by atoms with E-state index in [1.807, 2.05) is 22.6 Å². The quantitative estimate of drug-likeness (QED) is 0.800. The highest BCUT2D eigenvalue weighted by atomic mass is 127. The Morgan fingerprint density at radius 3 is 2.76 bits per heavy atom. The highest BCUT2D eigenvalue weighted by Crippen LogP contribution is 2.24. The summed E-state index contributed by atoms with van der Waals surface area (Å²) in [6.45, 7) is 0. The number of rotatable bonds is 3. The maximum absolute atomic E-state index is 11.9. The molecule has 17 heavy (non-hydrogen) atoms. The lowest BCUT2D eigenvalue weighted by Crippen LogP contribution is -2.13. The third-order valence-electron chi connectivity index (χ3n) is 1.96. The normalized spacial score (nSPS) is 11.4. The van der Waals surface area contributed by atoms with Gasteiger partial charge < -0.3 is 0 Å². The Morgan fingerprint density at radius 1 is 1.41 bits per heavy atom. The van der Waals surface area contributed by atoms with Crippen molar-refractivity contribution in [3.63, 3.8) is 0 Å². The van der Waals surface area contributed by atoms with Crippen LogP contribution in [-0.2, 0) is 10.0 Å². The van der Waals surface area contributed by atoms with Gasteiger partial charge in [0.1, 0.15) is 4.90 Å². The van der Waals surface area contributed by atoms with E-state index >= 15 is 0 Å². The molecule has 0 amide bonds. The summed E-state index contributed by atoms with van der Waals surface area (Å²) < 4.78 is 27.0. The van der Waals surface area contributed by atoms with Crippen LogP contribution >= 0.6 is 34.2 Å². The predicted octanol–water partition coefficient (Wildman–Crippen LogP) is 2.47. The van der Waals surface area contributed by atoms with Crippen LogP contribution in [0.1, 0.15) is 0 Å². The largest absolute Gasteiger partial charge is 0.284 e. The van der Waals surface area contributed by atoms with Crippen molar-refractivity contribution >= 4 is 49.9 Å². The summed E-state index contributed by atoms with van der Waals surface area (Å²) in [5.74, 6) is 0. The Morgan fingerprint density at radius 2 is 2.18 bits per heavy atom. The number of hydrogen-bond acceptors (Lipinski definition) is 3. The first kappa shape index (κ1) is 12.7. The van der Waals surface area contributed by atoms with Crippen molar-refractivity contribution in [2.45, 2.75) is 4.90 Å². The van der Waals surface area contributed by atoms with E-state index in [-0.39, 0.29) is 4.90 Å². The minimum Gasteiger partial charge on any atom is -0.284 e. The van der Waals surface area contributed by atoms with Crippen LogP contribution in [-0.4, -0.2) is 18.6 Å². The number of anilines is 1. The van der Waals surface area contributed by atoms with Gasteiger partial charge in [0, 0.05) is 14.8 Å². The van der Waals surface area contributed by atoms with Gasteiger partial charge in [0.25, 0.3) is 10.0 Å². The molecule has 1 aromatic carbocycles. The molecule has 0 saturated carbocycles. The maximum Gasteiger partial charge on any atom is 0.265 e. The molecule has 0 aliphatic heterocycles. The van der Waals surface area contributed by atoms with E-state index < -0.39 is 10.0 Å². The Hall–Kier alpha value is -0.800. The molecule has 5 nitrogen and oxygen atoms in total. The Balaban J connectivity index is 2.33. The lowest BCUT2D eigenvalue weighted by molar-refractivity contribution is 0.601. The average molecular weight is 384 g/mol. The topological polar surface area (TPSA) is 74.8 Å². The number of sulfonamides is 1. The van der Waals surface area contributed by atoms with E-state index in [9.17, 15) is 8.42 Å². The fraction of sp³-hybridized carbons (Fsp3) is 0. The molecule has 0 spiro atoms. The molecule has 0 aliphatic rings. The number of benzene rings is 1. The highest BCUT2D eigenvalue weighted by molar-refractivity contribution is 14.1. The average Bonchev–Trinajstić information content (AvgIpc) is 2.76. The minimum atomic E-state index is -3.60. The van der Waals surface area contributed by atoms with Crippen LogP contribution in [0.2, 0.25) is 5.02 Å². The number of nitrogens with one attached hydrogen (secondary N) is 2. The van der Waals surface area contributed by atoms with E-state index in [0.29, 0.717) is 10.7 Å². The third-order valence-corrected chi connectivity index (χ3v) is 4.42. The van der Waals surface area contributed by atoms with Crippen LogP contribution in [0, 0.1) is 3.57 Å². The van der Waals surface area contributed by atoms with Gasteiger partial charge in [-0.3, -0.25) is 9.82 Å². The molecule has 2 N–H and O–H groups in total. The first-order valence-electron chi connectivity index (χ1n) is 4.46. The molecular weight excluding hydrogens is 377 g/mol. The lowest BCUT2D eigenvalue weighted by atomic mass is 10.3. The summed E-state index contributed by atoms with van der Waals surface area (Å²) >= 11 is 7.80. The van der Waals surface area contributed by atoms with Crippen LogP contribution in [0.4, 0.5) is 5.69 Å². The van der Waals surface area contributed by atoms with Gasteiger partial charge in [0.15, 0.2) is 0 Å². The standard InChI is InChI=1S/C9H7ClIN3O2S/c10-6-1-2-9(8(11)3-6)14-17(15,16)7-4-12-13-5-7/h1-5,14H,(H,12,13). The molecule has 0 saturated heterocycles. The first-order chi connectivity index (χ1) is 7.99. The number of halogens is 2. The SMILES string of the molecule is O=S(=O)(Nc1ccc(Cl)cc1I)c1cn[nH]c1. The second kappa shape index (κ2) is 4.83. The monoisotopic (exact) mass is 383 g/mol. The van der Waals surface area contributed by atoms with Gasteiger partial charge in [-0.1, -0.05) is 11.6 Å². The predicted molar refractivity (Wildman–Crippen MR) is 73.6 cm³/mol. The summed E-state index contributed by atoms with van der Waals surface area (Å²) in [5.41, 5.74) is 0.483. The van der Waals surface area contributed by atoms with E-state index in [1.54, 1.807) is 18.2 Å². The molecule has 2 rings (SSSR count). The number of hydrogen-bond donors (Lipinski definition) is 2. The molecule has 0 aliphatic carbocycles. The Labute approximate surface area is 117 Å². The highest BCUT2D eigenvalue weighted by Gasteiger charge is 2.16. The number of H-pyrrole nitrogens is 1. The molecule has 8 heteroatoms. The first-order valence-corrected chi connectivity index (χ1v) is 7.40. The summed E-state index contributed by atoms with van der Waals surface area (Å²) in [6, 6.07) is 4.91. The molecule has 2 aromatic rings. The van der Waals surface area contributed by atoms with Gasteiger partial charge in [-0.05, 0) is 40.8 Å². The van der Waals surface area contributed by atoms with Crippen LogP contribution in [0.3, 0.4) is 0 Å². The smallest absolute Gasteiger partial charge is 0.265 e. The van der Waals surface area contributed by atoms with E-state index in [1.165, 1.54) is 12.4 Å². The van der Waals surface area contributed by atoms with Gasteiger partial charge in [0.2, 0.25) is 0 Å². The zero-order valence-corrected chi connectivity index (χ0v) is 12.0. The zero-order valence-electron chi connectivity index (χ0n) is 8.31.